The third kappa shape index (κ3) is 4.29. The van der Waals surface area contributed by atoms with Gasteiger partial charge in [-0.25, -0.2) is 0 Å². The van der Waals surface area contributed by atoms with E-state index in [1.807, 2.05) is 12.3 Å². The predicted octanol–water partition coefficient (Wildman–Crippen LogP) is 1.45. The second-order valence-corrected chi connectivity index (χ2v) is 9.34. The average molecular weight is 436 g/mol. The van der Waals surface area contributed by atoms with E-state index in [1.54, 1.807) is 0 Å². The average Bonchev–Trinajstić information content (AvgIpc) is 3.61. The van der Waals surface area contributed by atoms with Crippen LogP contribution in [0.3, 0.4) is 0 Å². The molecule has 32 heavy (non-hydrogen) atoms. The third-order valence-corrected chi connectivity index (χ3v) is 7.34. The zero-order chi connectivity index (χ0) is 22.1. The van der Waals surface area contributed by atoms with Crippen molar-refractivity contribution < 1.29 is 9.90 Å². The Balaban J connectivity index is 1.49. The number of aryl methyl sites for hydroxylation is 1. The van der Waals surface area contributed by atoms with Crippen LogP contribution in [0.5, 0.6) is 0 Å². The first-order chi connectivity index (χ1) is 15.7. The maximum Gasteiger partial charge on any atom is 0.227 e. The molecule has 1 aliphatic heterocycles. The molecule has 1 amide bonds. The van der Waals surface area contributed by atoms with Crippen LogP contribution in [0.15, 0.2) is 35.5 Å². The highest BCUT2D eigenvalue weighted by molar-refractivity contribution is 5.93. The van der Waals surface area contributed by atoms with Gasteiger partial charge >= 0.3 is 0 Å². The lowest BCUT2D eigenvalue weighted by molar-refractivity contribution is -0.122. The lowest BCUT2D eigenvalue weighted by atomic mass is 9.90. The van der Waals surface area contributed by atoms with Crippen molar-refractivity contribution >= 4 is 16.8 Å². The highest BCUT2D eigenvalue weighted by Gasteiger charge is 2.33. The number of amides is 1. The van der Waals surface area contributed by atoms with Gasteiger partial charge in [-0.1, -0.05) is 6.07 Å². The summed E-state index contributed by atoms with van der Waals surface area (Å²) in [5.74, 6) is -0.228. The van der Waals surface area contributed by atoms with Crippen LogP contribution in [0.25, 0.3) is 10.9 Å². The summed E-state index contributed by atoms with van der Waals surface area (Å²) < 4.78 is 0. The lowest BCUT2D eigenvalue weighted by Gasteiger charge is -2.33. The van der Waals surface area contributed by atoms with Crippen LogP contribution in [0, 0.1) is 0 Å². The molecule has 2 unspecified atom stereocenters. The quantitative estimate of drug-likeness (QED) is 0.597. The van der Waals surface area contributed by atoms with E-state index in [0.717, 1.165) is 54.1 Å². The van der Waals surface area contributed by atoms with Crippen molar-refractivity contribution in [1.82, 2.24) is 20.5 Å². The Morgan fingerprint density at radius 3 is 2.81 bits per heavy atom. The van der Waals surface area contributed by atoms with Crippen molar-refractivity contribution in [2.24, 2.45) is 4.99 Å². The fraction of sp³-hybridized carbons (Fsp3) is 0.560. The van der Waals surface area contributed by atoms with E-state index in [-0.39, 0.29) is 25.0 Å². The molecule has 5 rings (SSSR count). The number of nitrogens with zero attached hydrogens (tertiary/aromatic N) is 3. The Morgan fingerprint density at radius 1 is 1.25 bits per heavy atom. The largest absolute Gasteiger partial charge is 0.395 e. The summed E-state index contributed by atoms with van der Waals surface area (Å²) in [5.41, 5.74) is 3.18. The highest BCUT2D eigenvalue weighted by Crippen LogP contribution is 2.37. The summed E-state index contributed by atoms with van der Waals surface area (Å²) in [6.07, 6.45) is 8.56. The van der Waals surface area contributed by atoms with E-state index in [2.05, 4.69) is 45.8 Å². The number of benzene rings is 1. The molecule has 2 fully saturated rings. The SMILES string of the molecule is CN(C1CCC(N=c2cccnc3ccc4c(c23)C(C(=O)NCCO)CC4)CC1)C1CN1. The van der Waals surface area contributed by atoms with Crippen molar-refractivity contribution in [2.75, 3.05) is 26.7 Å². The summed E-state index contributed by atoms with van der Waals surface area (Å²) in [6, 6.07) is 9.13. The smallest absolute Gasteiger partial charge is 0.227 e. The van der Waals surface area contributed by atoms with Gasteiger partial charge in [0.15, 0.2) is 0 Å². The summed E-state index contributed by atoms with van der Waals surface area (Å²) in [7, 11) is 2.23. The van der Waals surface area contributed by atoms with Gasteiger partial charge in [-0.2, -0.15) is 0 Å². The predicted molar refractivity (Wildman–Crippen MR) is 124 cm³/mol. The molecule has 2 aliphatic carbocycles. The fourth-order valence-electron chi connectivity index (χ4n) is 5.49. The standard InChI is InChI=1S/C25H33N5O2/c1-30(22-15-28-22)18-8-6-17(7-9-18)29-21-3-2-12-26-20-11-5-16-4-10-19(23(16)24(20)21)25(32)27-13-14-31/h2-3,5,11-12,17-19,22,28,31H,4,6-10,13-15H2,1H3,(H,27,32). The summed E-state index contributed by atoms with van der Waals surface area (Å²) in [5, 5.41) is 17.4. The van der Waals surface area contributed by atoms with E-state index in [4.69, 9.17) is 10.1 Å². The molecule has 0 bridgehead atoms. The maximum absolute atomic E-state index is 12.9. The molecule has 0 radical (unpaired) electrons. The second kappa shape index (κ2) is 9.25. The van der Waals surface area contributed by atoms with Crippen LogP contribution in [0.2, 0.25) is 0 Å². The number of nitrogens with one attached hydrogen (secondary N) is 2. The van der Waals surface area contributed by atoms with Gasteiger partial charge in [0, 0.05) is 30.7 Å². The zero-order valence-electron chi connectivity index (χ0n) is 18.8. The van der Waals surface area contributed by atoms with Crippen molar-refractivity contribution in [3.05, 3.63) is 46.9 Å². The minimum absolute atomic E-state index is 0.0139. The minimum Gasteiger partial charge on any atom is -0.395 e. The first-order valence-electron chi connectivity index (χ1n) is 11.9. The molecule has 1 saturated heterocycles. The number of fused-ring (bicyclic) bond motifs is 3. The molecule has 0 spiro atoms. The number of hydrogen-bond acceptors (Lipinski definition) is 6. The van der Waals surface area contributed by atoms with Gasteiger partial charge in [0.25, 0.3) is 0 Å². The van der Waals surface area contributed by atoms with E-state index in [1.165, 1.54) is 18.4 Å². The van der Waals surface area contributed by atoms with E-state index < -0.39 is 0 Å². The van der Waals surface area contributed by atoms with E-state index >= 15 is 0 Å². The van der Waals surface area contributed by atoms with E-state index in [0.29, 0.717) is 18.2 Å². The first kappa shape index (κ1) is 21.5. The Hall–Kier alpha value is -2.35. The van der Waals surface area contributed by atoms with Gasteiger partial charge in [0.2, 0.25) is 5.91 Å². The number of aromatic nitrogens is 1. The van der Waals surface area contributed by atoms with E-state index in [9.17, 15) is 4.79 Å². The minimum atomic E-state index is -0.214. The normalized spacial score (nSPS) is 27.5. The number of aliphatic hydroxyl groups excluding tert-OH is 1. The molecule has 2 heterocycles. The van der Waals surface area contributed by atoms with Crippen molar-refractivity contribution in [3.8, 4) is 0 Å². The van der Waals surface area contributed by atoms with Gasteiger partial charge in [-0.3, -0.25) is 25.0 Å². The molecule has 7 heteroatoms. The number of rotatable bonds is 6. The Morgan fingerprint density at radius 2 is 2.06 bits per heavy atom. The molecule has 1 saturated carbocycles. The van der Waals surface area contributed by atoms with Gasteiger partial charge in [-0.15, -0.1) is 0 Å². The Bertz CT molecular complexity index is 1060. The van der Waals surface area contributed by atoms with Crippen LogP contribution in [0.1, 0.15) is 49.1 Å². The molecule has 170 valence electrons. The number of aliphatic hydroxyl groups is 1. The maximum atomic E-state index is 12.9. The first-order valence-corrected chi connectivity index (χ1v) is 11.9. The summed E-state index contributed by atoms with van der Waals surface area (Å²) in [6.45, 7) is 1.35. The Kier molecular flexibility index (Phi) is 6.22. The lowest BCUT2D eigenvalue weighted by Crippen LogP contribution is -2.39. The highest BCUT2D eigenvalue weighted by atomic mass is 16.3. The monoisotopic (exact) mass is 435 g/mol. The van der Waals surface area contributed by atoms with Crippen LogP contribution in [-0.2, 0) is 11.2 Å². The van der Waals surface area contributed by atoms with Gasteiger partial charge in [0.1, 0.15) is 0 Å². The van der Waals surface area contributed by atoms with Gasteiger partial charge in [0.05, 0.1) is 35.6 Å². The van der Waals surface area contributed by atoms with Crippen molar-refractivity contribution in [3.63, 3.8) is 0 Å². The number of likely N-dealkylation sites (N-methyl/N-ethyl adjacent to an activating group) is 1. The second-order valence-electron chi connectivity index (χ2n) is 9.34. The van der Waals surface area contributed by atoms with Crippen LogP contribution in [-0.4, -0.2) is 65.9 Å². The van der Waals surface area contributed by atoms with Crippen LogP contribution >= 0.6 is 0 Å². The van der Waals surface area contributed by atoms with Crippen molar-refractivity contribution in [1.29, 1.82) is 0 Å². The molecule has 2 atom stereocenters. The Labute approximate surface area is 189 Å². The molecule has 3 N–H and O–H groups in total. The molecule has 7 nitrogen and oxygen atoms in total. The summed E-state index contributed by atoms with van der Waals surface area (Å²) in [4.78, 5) is 25.2. The molecule has 3 aliphatic rings. The molecule has 1 aromatic heterocycles. The topological polar surface area (TPSA) is 99.8 Å². The number of carbonyl (C=O) groups excluding carboxylic acids is 1. The van der Waals surface area contributed by atoms with Crippen molar-refractivity contribution in [2.45, 2.75) is 62.7 Å². The van der Waals surface area contributed by atoms with Crippen LogP contribution in [0.4, 0.5) is 0 Å². The molecular formula is C25H33N5O2. The van der Waals surface area contributed by atoms with Crippen LogP contribution < -0.4 is 16.0 Å². The third-order valence-electron chi connectivity index (χ3n) is 7.34. The fourth-order valence-corrected chi connectivity index (χ4v) is 5.49. The molecular weight excluding hydrogens is 402 g/mol. The van der Waals surface area contributed by atoms with Gasteiger partial charge < -0.3 is 10.4 Å². The zero-order valence-corrected chi connectivity index (χ0v) is 18.8. The summed E-state index contributed by atoms with van der Waals surface area (Å²) >= 11 is 0. The number of carbonyl (C=O) groups is 1. The molecule has 2 aromatic rings. The number of hydrogen-bond donors (Lipinski definition) is 3. The molecule has 1 aromatic carbocycles. The van der Waals surface area contributed by atoms with Gasteiger partial charge in [-0.05, 0) is 74.9 Å².